The van der Waals surface area contributed by atoms with Crippen molar-refractivity contribution in [3.63, 3.8) is 0 Å². The van der Waals surface area contributed by atoms with Crippen LogP contribution in [0.15, 0.2) is 36.7 Å². The smallest absolute Gasteiger partial charge is 0.249 e. The van der Waals surface area contributed by atoms with Crippen LogP contribution in [-0.4, -0.2) is 41.6 Å². The Hall–Kier alpha value is -2.34. The Balaban J connectivity index is 1.48. The number of amides is 1. The van der Waals surface area contributed by atoms with Crippen molar-refractivity contribution in [2.75, 3.05) is 19.8 Å². The van der Waals surface area contributed by atoms with E-state index in [-0.39, 0.29) is 12.0 Å². The van der Waals surface area contributed by atoms with Crippen molar-refractivity contribution in [2.24, 2.45) is 7.05 Å². The Bertz CT molecular complexity index is 663. The SMILES string of the molecule is Cn1cc(-c2cccc(OCCNC(=O)[C@@H]3CCCO3)c2)cn1. The summed E-state index contributed by atoms with van der Waals surface area (Å²) in [7, 11) is 1.89. The minimum Gasteiger partial charge on any atom is -0.492 e. The lowest BCUT2D eigenvalue weighted by Crippen LogP contribution is -2.36. The highest BCUT2D eigenvalue weighted by atomic mass is 16.5. The van der Waals surface area contributed by atoms with Gasteiger partial charge in [-0.1, -0.05) is 12.1 Å². The second-order valence-corrected chi connectivity index (χ2v) is 5.57. The first-order chi connectivity index (χ1) is 11.2. The van der Waals surface area contributed by atoms with Crippen LogP contribution in [0.25, 0.3) is 11.1 Å². The van der Waals surface area contributed by atoms with Crippen LogP contribution < -0.4 is 10.1 Å². The highest BCUT2D eigenvalue weighted by Gasteiger charge is 2.22. The van der Waals surface area contributed by atoms with Crippen LogP contribution in [0.3, 0.4) is 0 Å². The predicted octanol–water partition coefficient (Wildman–Crippen LogP) is 1.76. The van der Waals surface area contributed by atoms with Crippen molar-refractivity contribution in [3.05, 3.63) is 36.7 Å². The van der Waals surface area contributed by atoms with Crippen molar-refractivity contribution >= 4 is 5.91 Å². The van der Waals surface area contributed by atoms with E-state index in [4.69, 9.17) is 9.47 Å². The number of ether oxygens (including phenoxy) is 2. The first kappa shape index (κ1) is 15.6. The van der Waals surface area contributed by atoms with Gasteiger partial charge in [-0.3, -0.25) is 9.48 Å². The standard InChI is InChI=1S/C17H21N3O3/c1-20-12-14(11-19-20)13-4-2-5-15(10-13)22-9-7-18-17(21)16-6-3-8-23-16/h2,4-5,10-12,16H,3,6-9H2,1H3,(H,18,21)/t16-/m0/s1. The van der Waals surface area contributed by atoms with Crippen LogP contribution in [0.2, 0.25) is 0 Å². The van der Waals surface area contributed by atoms with E-state index >= 15 is 0 Å². The number of rotatable bonds is 6. The number of aromatic nitrogens is 2. The average molecular weight is 315 g/mol. The number of carbonyl (C=O) groups excluding carboxylic acids is 1. The maximum atomic E-state index is 11.8. The van der Waals surface area contributed by atoms with Crippen molar-refractivity contribution < 1.29 is 14.3 Å². The van der Waals surface area contributed by atoms with Gasteiger partial charge >= 0.3 is 0 Å². The summed E-state index contributed by atoms with van der Waals surface area (Å²) < 4.78 is 12.8. The van der Waals surface area contributed by atoms with E-state index in [1.54, 1.807) is 4.68 Å². The summed E-state index contributed by atoms with van der Waals surface area (Å²) in [6, 6.07) is 7.84. The summed E-state index contributed by atoms with van der Waals surface area (Å²) in [5.74, 6) is 0.730. The summed E-state index contributed by atoms with van der Waals surface area (Å²) >= 11 is 0. The Labute approximate surface area is 135 Å². The fourth-order valence-corrected chi connectivity index (χ4v) is 2.58. The lowest BCUT2D eigenvalue weighted by atomic mass is 10.1. The molecule has 1 N–H and O–H groups in total. The molecular weight excluding hydrogens is 294 g/mol. The molecule has 2 aromatic rings. The molecule has 0 unspecified atom stereocenters. The van der Waals surface area contributed by atoms with Crippen LogP contribution in [0.4, 0.5) is 0 Å². The molecule has 0 aliphatic carbocycles. The molecule has 0 spiro atoms. The third-order valence-electron chi connectivity index (χ3n) is 3.76. The molecule has 1 aliphatic heterocycles. The minimum absolute atomic E-state index is 0.0461. The molecule has 1 aliphatic rings. The highest BCUT2D eigenvalue weighted by Crippen LogP contribution is 2.23. The van der Waals surface area contributed by atoms with Crippen molar-refractivity contribution in [1.82, 2.24) is 15.1 Å². The number of benzene rings is 1. The Morgan fingerprint density at radius 2 is 2.39 bits per heavy atom. The molecule has 1 aromatic heterocycles. The van der Waals surface area contributed by atoms with Crippen molar-refractivity contribution in [3.8, 4) is 16.9 Å². The van der Waals surface area contributed by atoms with Gasteiger partial charge in [-0.05, 0) is 30.5 Å². The zero-order valence-electron chi connectivity index (χ0n) is 13.2. The van der Waals surface area contributed by atoms with E-state index in [0.717, 1.165) is 29.7 Å². The van der Waals surface area contributed by atoms with Crippen LogP contribution in [-0.2, 0) is 16.6 Å². The molecule has 1 saturated heterocycles. The van der Waals surface area contributed by atoms with Gasteiger partial charge in [0, 0.05) is 25.4 Å². The second kappa shape index (κ2) is 7.28. The van der Waals surface area contributed by atoms with Gasteiger partial charge in [0.2, 0.25) is 5.91 Å². The molecule has 0 saturated carbocycles. The molecule has 1 atom stereocenters. The molecule has 122 valence electrons. The Kier molecular flexibility index (Phi) is 4.92. The van der Waals surface area contributed by atoms with Crippen molar-refractivity contribution in [1.29, 1.82) is 0 Å². The van der Waals surface area contributed by atoms with E-state index < -0.39 is 0 Å². The van der Waals surface area contributed by atoms with Crippen LogP contribution in [0, 0.1) is 0 Å². The number of hydrogen-bond acceptors (Lipinski definition) is 4. The van der Waals surface area contributed by atoms with Gasteiger partial charge < -0.3 is 14.8 Å². The van der Waals surface area contributed by atoms with Gasteiger partial charge in [-0.15, -0.1) is 0 Å². The molecule has 1 amide bonds. The van der Waals surface area contributed by atoms with Crippen LogP contribution >= 0.6 is 0 Å². The van der Waals surface area contributed by atoms with Gasteiger partial charge in [0.1, 0.15) is 18.5 Å². The summed E-state index contributed by atoms with van der Waals surface area (Å²) in [6.45, 7) is 1.57. The zero-order chi connectivity index (χ0) is 16.1. The monoisotopic (exact) mass is 315 g/mol. The third-order valence-corrected chi connectivity index (χ3v) is 3.76. The summed E-state index contributed by atoms with van der Waals surface area (Å²) in [4.78, 5) is 11.8. The molecule has 23 heavy (non-hydrogen) atoms. The Morgan fingerprint density at radius 1 is 1.48 bits per heavy atom. The fourth-order valence-electron chi connectivity index (χ4n) is 2.58. The maximum Gasteiger partial charge on any atom is 0.249 e. The zero-order valence-corrected chi connectivity index (χ0v) is 13.2. The van der Waals surface area contributed by atoms with Gasteiger partial charge in [-0.25, -0.2) is 0 Å². The molecule has 0 bridgehead atoms. The summed E-state index contributed by atoms with van der Waals surface area (Å²) in [5, 5.41) is 7.01. The van der Waals surface area contributed by atoms with Crippen molar-refractivity contribution in [2.45, 2.75) is 18.9 Å². The summed E-state index contributed by atoms with van der Waals surface area (Å²) in [6.07, 6.45) is 5.25. The molecule has 0 radical (unpaired) electrons. The first-order valence-corrected chi connectivity index (χ1v) is 7.83. The van der Waals surface area contributed by atoms with E-state index in [1.165, 1.54) is 0 Å². The van der Waals surface area contributed by atoms with Gasteiger partial charge in [0.15, 0.2) is 0 Å². The van der Waals surface area contributed by atoms with Gasteiger partial charge in [0.05, 0.1) is 12.7 Å². The molecule has 2 heterocycles. The first-order valence-electron chi connectivity index (χ1n) is 7.83. The predicted molar refractivity (Wildman–Crippen MR) is 86.1 cm³/mol. The number of nitrogens with one attached hydrogen (secondary N) is 1. The number of aryl methyl sites for hydroxylation is 1. The lowest BCUT2D eigenvalue weighted by Gasteiger charge is -2.11. The fraction of sp³-hybridized carbons (Fsp3) is 0.412. The lowest BCUT2D eigenvalue weighted by molar-refractivity contribution is -0.130. The molecule has 1 fully saturated rings. The molecular formula is C17H21N3O3. The average Bonchev–Trinajstić information content (AvgIpc) is 3.23. The quantitative estimate of drug-likeness (QED) is 0.825. The molecule has 6 heteroatoms. The molecule has 1 aromatic carbocycles. The van der Waals surface area contributed by atoms with Gasteiger partial charge in [-0.2, -0.15) is 5.10 Å². The van der Waals surface area contributed by atoms with Gasteiger partial charge in [0.25, 0.3) is 0 Å². The summed E-state index contributed by atoms with van der Waals surface area (Å²) in [5.41, 5.74) is 2.10. The molecule has 3 rings (SSSR count). The highest BCUT2D eigenvalue weighted by molar-refractivity contribution is 5.80. The van der Waals surface area contributed by atoms with Crippen LogP contribution in [0.5, 0.6) is 5.75 Å². The maximum absolute atomic E-state index is 11.8. The normalized spacial score (nSPS) is 17.2. The van der Waals surface area contributed by atoms with E-state index in [9.17, 15) is 4.79 Å². The molecule has 6 nitrogen and oxygen atoms in total. The van der Waals surface area contributed by atoms with E-state index in [1.807, 2.05) is 43.7 Å². The number of hydrogen-bond donors (Lipinski definition) is 1. The topological polar surface area (TPSA) is 65.4 Å². The van der Waals surface area contributed by atoms with Crippen LogP contribution in [0.1, 0.15) is 12.8 Å². The Morgan fingerprint density at radius 3 is 3.13 bits per heavy atom. The van der Waals surface area contributed by atoms with E-state index in [2.05, 4.69) is 10.4 Å². The number of carbonyl (C=O) groups is 1. The van der Waals surface area contributed by atoms with E-state index in [0.29, 0.717) is 19.8 Å². The minimum atomic E-state index is -0.288. The third kappa shape index (κ3) is 4.10. The second-order valence-electron chi connectivity index (χ2n) is 5.57. The largest absolute Gasteiger partial charge is 0.492 e. The number of nitrogens with zero attached hydrogens (tertiary/aromatic N) is 2.